The van der Waals surface area contributed by atoms with Crippen molar-refractivity contribution in [3.63, 3.8) is 0 Å². The summed E-state index contributed by atoms with van der Waals surface area (Å²) in [6.45, 7) is 7.42. The van der Waals surface area contributed by atoms with Crippen LogP contribution in [0.15, 0.2) is 24.3 Å². The van der Waals surface area contributed by atoms with E-state index in [-0.39, 0.29) is 5.41 Å². The number of nitrogens with zero attached hydrogens (tertiary/aromatic N) is 1. The minimum absolute atomic E-state index is 0.104. The minimum Gasteiger partial charge on any atom is -0.399 e. The van der Waals surface area contributed by atoms with Crippen molar-refractivity contribution in [3.8, 4) is 0 Å². The van der Waals surface area contributed by atoms with Crippen molar-refractivity contribution in [2.45, 2.75) is 19.3 Å². The number of anilines is 1. The summed E-state index contributed by atoms with van der Waals surface area (Å²) in [4.78, 5) is 2.41. The van der Waals surface area contributed by atoms with E-state index in [1.54, 1.807) is 0 Å². The van der Waals surface area contributed by atoms with Crippen LogP contribution in [0.3, 0.4) is 0 Å². The molecule has 0 saturated carbocycles. The van der Waals surface area contributed by atoms with Crippen LogP contribution in [0.25, 0.3) is 0 Å². The molecule has 18 heavy (non-hydrogen) atoms. The van der Waals surface area contributed by atoms with E-state index in [1.165, 1.54) is 5.56 Å². The molecule has 1 heterocycles. The highest BCUT2D eigenvalue weighted by atomic mass is 32.2. The third-order valence-corrected chi connectivity index (χ3v) is 4.86. The molecule has 0 radical (unpaired) electrons. The highest BCUT2D eigenvalue weighted by Crippen LogP contribution is 2.25. The lowest BCUT2D eigenvalue weighted by molar-refractivity contribution is 0.242. The molecule has 100 valence electrons. The van der Waals surface area contributed by atoms with Crippen molar-refractivity contribution < 1.29 is 4.21 Å². The summed E-state index contributed by atoms with van der Waals surface area (Å²) in [7, 11) is -0.595. The predicted molar refractivity (Wildman–Crippen MR) is 78.2 cm³/mol. The summed E-state index contributed by atoms with van der Waals surface area (Å²) in [6.07, 6.45) is 0. The molecule has 2 N–H and O–H groups in total. The van der Waals surface area contributed by atoms with Gasteiger partial charge in [0, 0.05) is 53.0 Å². The molecule has 1 saturated heterocycles. The zero-order valence-electron chi connectivity index (χ0n) is 11.2. The lowest BCUT2D eigenvalue weighted by Gasteiger charge is -2.35. The fraction of sp³-hybridized carbons (Fsp3) is 0.571. The molecule has 4 heteroatoms. The predicted octanol–water partition coefficient (Wildman–Crippen LogP) is 1.61. The summed E-state index contributed by atoms with van der Waals surface area (Å²) in [5.74, 6) is 1.63. The number of benzene rings is 1. The van der Waals surface area contributed by atoms with Crippen LogP contribution in [0.5, 0.6) is 0 Å². The fourth-order valence-electron chi connectivity index (χ4n) is 2.42. The molecule has 2 rings (SSSR count). The molecule has 0 spiro atoms. The van der Waals surface area contributed by atoms with Crippen molar-refractivity contribution in [2.75, 3.05) is 36.9 Å². The molecular formula is C14H22N2OS. The third-order valence-electron chi connectivity index (χ3n) is 3.58. The molecule has 1 aromatic carbocycles. The highest BCUT2D eigenvalue weighted by Gasteiger charge is 2.25. The largest absolute Gasteiger partial charge is 0.399 e. The lowest BCUT2D eigenvalue weighted by atomic mass is 9.84. The molecular weight excluding hydrogens is 244 g/mol. The number of rotatable bonds is 3. The molecule has 0 bridgehead atoms. The molecule has 0 aromatic heterocycles. The maximum absolute atomic E-state index is 11.4. The first-order chi connectivity index (χ1) is 8.47. The Morgan fingerprint density at radius 3 is 2.33 bits per heavy atom. The first kappa shape index (κ1) is 13.6. The van der Waals surface area contributed by atoms with Crippen molar-refractivity contribution in [1.82, 2.24) is 4.90 Å². The van der Waals surface area contributed by atoms with Crippen LogP contribution in [-0.4, -0.2) is 40.2 Å². The number of hydrogen-bond acceptors (Lipinski definition) is 3. The quantitative estimate of drug-likeness (QED) is 0.846. The van der Waals surface area contributed by atoms with Crippen LogP contribution < -0.4 is 5.73 Å². The van der Waals surface area contributed by atoms with E-state index in [2.05, 4.69) is 30.9 Å². The molecule has 3 nitrogen and oxygen atoms in total. The Hall–Kier alpha value is -0.870. The highest BCUT2D eigenvalue weighted by molar-refractivity contribution is 7.85. The van der Waals surface area contributed by atoms with Gasteiger partial charge in [0.05, 0.1) is 0 Å². The number of hydrogen-bond donors (Lipinski definition) is 1. The van der Waals surface area contributed by atoms with E-state index >= 15 is 0 Å². The average molecular weight is 266 g/mol. The van der Waals surface area contributed by atoms with Gasteiger partial charge in [0.25, 0.3) is 0 Å². The first-order valence-electron chi connectivity index (χ1n) is 6.41. The van der Waals surface area contributed by atoms with Crippen LogP contribution in [0.2, 0.25) is 0 Å². The first-order valence-corrected chi connectivity index (χ1v) is 7.89. The van der Waals surface area contributed by atoms with E-state index < -0.39 is 10.8 Å². The maximum Gasteiger partial charge on any atom is 0.0363 e. The Balaban J connectivity index is 2.02. The Morgan fingerprint density at radius 2 is 1.78 bits per heavy atom. The van der Waals surface area contributed by atoms with E-state index in [0.717, 1.165) is 36.8 Å². The van der Waals surface area contributed by atoms with Crippen LogP contribution in [0.1, 0.15) is 19.4 Å². The molecule has 1 fully saturated rings. The molecule has 1 aromatic rings. The van der Waals surface area contributed by atoms with Gasteiger partial charge in [-0.05, 0) is 17.7 Å². The second-order valence-corrected chi connectivity index (χ2v) is 7.33. The molecule has 1 aliphatic heterocycles. The molecule has 0 unspecified atom stereocenters. The fourth-order valence-corrected chi connectivity index (χ4v) is 3.55. The zero-order chi connectivity index (χ0) is 13.2. The SMILES string of the molecule is CC(C)(CN1CCS(=O)CC1)c1ccc(N)cc1. The van der Waals surface area contributed by atoms with Gasteiger partial charge in [-0.25, -0.2) is 0 Å². The van der Waals surface area contributed by atoms with Crippen LogP contribution in [0, 0.1) is 0 Å². The third kappa shape index (κ3) is 3.33. The Morgan fingerprint density at radius 1 is 1.22 bits per heavy atom. The molecule has 0 aliphatic carbocycles. The summed E-state index contributed by atoms with van der Waals surface area (Å²) in [5, 5.41) is 0. The summed E-state index contributed by atoms with van der Waals surface area (Å²) in [5.41, 5.74) is 7.95. The van der Waals surface area contributed by atoms with Crippen LogP contribution in [-0.2, 0) is 16.2 Å². The van der Waals surface area contributed by atoms with Gasteiger partial charge in [0.1, 0.15) is 0 Å². The maximum atomic E-state index is 11.4. The summed E-state index contributed by atoms with van der Waals surface area (Å²) in [6, 6.07) is 8.14. The van der Waals surface area contributed by atoms with Crippen molar-refractivity contribution in [2.24, 2.45) is 0 Å². The van der Waals surface area contributed by atoms with E-state index in [4.69, 9.17) is 5.73 Å². The van der Waals surface area contributed by atoms with Gasteiger partial charge in [-0.2, -0.15) is 0 Å². The normalized spacial score (nSPS) is 19.0. The lowest BCUT2D eigenvalue weighted by Crippen LogP contribution is -2.44. The number of nitrogen functional groups attached to an aromatic ring is 1. The number of nitrogens with two attached hydrogens (primary N) is 1. The zero-order valence-corrected chi connectivity index (χ0v) is 12.0. The average Bonchev–Trinajstić information content (AvgIpc) is 2.32. The van der Waals surface area contributed by atoms with Gasteiger partial charge in [0.15, 0.2) is 0 Å². The van der Waals surface area contributed by atoms with Gasteiger partial charge < -0.3 is 10.6 Å². The topological polar surface area (TPSA) is 46.3 Å². The van der Waals surface area contributed by atoms with Crippen molar-refractivity contribution >= 4 is 16.5 Å². The monoisotopic (exact) mass is 266 g/mol. The van der Waals surface area contributed by atoms with Crippen LogP contribution in [0.4, 0.5) is 5.69 Å². The Labute approximate surface area is 112 Å². The Bertz CT molecular complexity index is 418. The van der Waals surface area contributed by atoms with Crippen molar-refractivity contribution in [3.05, 3.63) is 29.8 Å². The van der Waals surface area contributed by atoms with Gasteiger partial charge in [-0.1, -0.05) is 26.0 Å². The molecule has 1 aliphatic rings. The van der Waals surface area contributed by atoms with Crippen LogP contribution >= 0.6 is 0 Å². The Kier molecular flexibility index (Phi) is 4.07. The molecule has 0 amide bonds. The molecule has 0 atom stereocenters. The van der Waals surface area contributed by atoms with E-state index in [9.17, 15) is 4.21 Å². The minimum atomic E-state index is -0.595. The van der Waals surface area contributed by atoms with E-state index in [0.29, 0.717) is 0 Å². The van der Waals surface area contributed by atoms with Gasteiger partial charge in [-0.15, -0.1) is 0 Å². The standard InChI is InChI=1S/C14H22N2OS/c1-14(2,12-3-5-13(15)6-4-12)11-16-7-9-18(17)10-8-16/h3-6H,7-11,15H2,1-2H3. The smallest absolute Gasteiger partial charge is 0.0363 e. The van der Waals surface area contributed by atoms with E-state index in [1.807, 2.05) is 12.1 Å². The van der Waals surface area contributed by atoms with Crippen molar-refractivity contribution in [1.29, 1.82) is 0 Å². The summed E-state index contributed by atoms with van der Waals surface area (Å²) >= 11 is 0. The van der Waals surface area contributed by atoms with Gasteiger partial charge in [-0.3, -0.25) is 4.21 Å². The van der Waals surface area contributed by atoms with Gasteiger partial charge >= 0.3 is 0 Å². The van der Waals surface area contributed by atoms with Gasteiger partial charge in [0.2, 0.25) is 0 Å². The second kappa shape index (κ2) is 5.41. The second-order valence-electron chi connectivity index (χ2n) is 5.63. The summed E-state index contributed by atoms with van der Waals surface area (Å²) < 4.78 is 11.4.